The van der Waals surface area contributed by atoms with Crippen molar-refractivity contribution < 1.29 is 13.6 Å². The zero-order valence-electron chi connectivity index (χ0n) is 30.3. The lowest BCUT2D eigenvalue weighted by Crippen LogP contribution is -2.20. The Morgan fingerprint density at radius 2 is 1.07 bits per heavy atom. The average Bonchev–Trinajstić information content (AvgIpc) is 3.95. The van der Waals surface area contributed by atoms with Crippen LogP contribution in [0.3, 0.4) is 0 Å². The van der Waals surface area contributed by atoms with Crippen molar-refractivity contribution in [1.29, 1.82) is 0 Å². The fourth-order valence-electron chi connectivity index (χ4n) is 8.92. The second-order valence-electron chi connectivity index (χ2n) is 14.8. The normalized spacial score (nSPS) is 14.9. The Balaban J connectivity index is 0.885. The maximum Gasteiger partial charge on any atom is 0.136 e. The van der Waals surface area contributed by atoms with Crippen LogP contribution in [-0.4, -0.2) is 0 Å². The van der Waals surface area contributed by atoms with Crippen LogP contribution in [0, 0.1) is 0 Å². The lowest BCUT2D eigenvalue weighted by atomic mass is 9.89. The number of ether oxygens (including phenoxy) is 1. The molecule has 56 heavy (non-hydrogen) atoms. The molecule has 0 N–H and O–H groups in total. The van der Waals surface area contributed by atoms with Gasteiger partial charge in [0.2, 0.25) is 0 Å². The van der Waals surface area contributed by atoms with Gasteiger partial charge in [-0.2, -0.15) is 0 Å². The maximum atomic E-state index is 6.27. The lowest BCUT2D eigenvalue weighted by molar-refractivity contribution is 0.423. The van der Waals surface area contributed by atoms with E-state index < -0.39 is 0 Å². The third kappa shape index (κ3) is 4.86. The Kier molecular flexibility index (Phi) is 6.72. The molecule has 1 aliphatic carbocycles. The van der Waals surface area contributed by atoms with E-state index in [-0.39, 0.29) is 5.92 Å². The first-order chi connectivity index (χ1) is 27.7. The Bertz CT molecular complexity index is 3250. The van der Waals surface area contributed by atoms with Gasteiger partial charge in [0.25, 0.3) is 0 Å². The Labute approximate surface area is 322 Å². The molecule has 0 radical (unpaired) electrons. The molecule has 2 aliphatic rings. The highest BCUT2D eigenvalue weighted by Crippen LogP contribution is 2.48. The fourth-order valence-corrected chi connectivity index (χ4v) is 8.92. The van der Waals surface area contributed by atoms with Gasteiger partial charge in [0, 0.05) is 50.6 Å². The summed E-state index contributed by atoms with van der Waals surface area (Å²) in [5.74, 6) is 2.15. The van der Waals surface area contributed by atoms with Crippen LogP contribution < -0.4 is 9.64 Å². The summed E-state index contributed by atoms with van der Waals surface area (Å²) in [5.41, 5.74) is 13.0. The highest BCUT2D eigenvalue weighted by Gasteiger charge is 2.33. The number of anilines is 2. The molecule has 4 nitrogen and oxygen atoms in total. The molecule has 1 aliphatic heterocycles. The first-order valence-corrected chi connectivity index (χ1v) is 19.2. The minimum absolute atomic E-state index is 0.180. The zero-order valence-corrected chi connectivity index (χ0v) is 30.3. The van der Waals surface area contributed by atoms with E-state index in [1.54, 1.807) is 0 Å². The molecule has 0 saturated carbocycles. The Morgan fingerprint density at radius 3 is 1.91 bits per heavy atom. The molecular formula is C52H33NO3. The standard InChI is InChI=1S/C52H33NO3/c1-4-10-46-41(7-1)44-30-38(23-27-49(44)54-46)53(39-24-28-50-45(31-39)42-8-2-5-11-47(42)55-50)37-21-17-33(18-22-37)32-13-15-34(16-14-32)35-19-25-40-36(29-35)20-26-51-52(40)43-9-3-6-12-48(43)56-51/h1-30,45H,31H2. The van der Waals surface area contributed by atoms with E-state index >= 15 is 0 Å². The fraction of sp³-hybridized carbons (Fsp3) is 0.0385. The van der Waals surface area contributed by atoms with Crippen molar-refractivity contribution >= 4 is 66.0 Å². The second-order valence-corrected chi connectivity index (χ2v) is 14.8. The van der Waals surface area contributed by atoms with Crippen molar-refractivity contribution in [3.05, 3.63) is 199 Å². The molecule has 3 heterocycles. The number of rotatable bonds is 5. The summed E-state index contributed by atoms with van der Waals surface area (Å²) >= 11 is 0. The number of benzene rings is 8. The summed E-state index contributed by atoms with van der Waals surface area (Å²) < 4.78 is 18.6. The molecule has 1 unspecified atom stereocenters. The van der Waals surface area contributed by atoms with E-state index in [9.17, 15) is 0 Å². The molecule has 12 rings (SSSR count). The molecule has 0 fully saturated rings. The zero-order chi connectivity index (χ0) is 36.7. The summed E-state index contributed by atoms with van der Waals surface area (Å²) in [6, 6.07) is 60.3. The van der Waals surface area contributed by atoms with Crippen LogP contribution in [0.2, 0.25) is 0 Å². The van der Waals surface area contributed by atoms with Gasteiger partial charge in [-0.25, -0.2) is 0 Å². The summed E-state index contributed by atoms with van der Waals surface area (Å²) in [6.07, 6.45) is 5.19. The SMILES string of the molecule is C1=C2Oc3ccccc3C2CC(N(c2ccc(-c3ccc(-c4ccc5c(ccc6oc7ccccc7c65)c4)cc3)cc2)c2ccc3oc4ccccc4c3c2)=C1. The van der Waals surface area contributed by atoms with Gasteiger partial charge in [0.05, 0.1) is 5.92 Å². The number of hydrogen-bond donors (Lipinski definition) is 0. The maximum absolute atomic E-state index is 6.27. The van der Waals surface area contributed by atoms with Crippen LogP contribution >= 0.6 is 0 Å². The van der Waals surface area contributed by atoms with Crippen LogP contribution in [-0.2, 0) is 0 Å². The summed E-state index contributed by atoms with van der Waals surface area (Å²) in [6.45, 7) is 0. The monoisotopic (exact) mass is 719 g/mol. The molecule has 2 aromatic heterocycles. The third-order valence-corrected chi connectivity index (χ3v) is 11.7. The molecule has 4 heteroatoms. The van der Waals surface area contributed by atoms with Gasteiger partial charge in [-0.05, 0) is 106 Å². The molecule has 8 aromatic carbocycles. The van der Waals surface area contributed by atoms with Crippen LogP contribution in [0.5, 0.6) is 5.75 Å². The van der Waals surface area contributed by atoms with E-state index in [1.165, 1.54) is 49.7 Å². The predicted molar refractivity (Wildman–Crippen MR) is 229 cm³/mol. The van der Waals surface area contributed by atoms with Crippen molar-refractivity contribution in [2.75, 3.05) is 4.90 Å². The number of para-hydroxylation sites is 3. The third-order valence-electron chi connectivity index (χ3n) is 11.7. The molecule has 264 valence electrons. The number of nitrogens with zero attached hydrogens (tertiary/aromatic N) is 1. The van der Waals surface area contributed by atoms with E-state index in [0.29, 0.717) is 0 Å². The molecule has 1 atom stereocenters. The predicted octanol–water partition coefficient (Wildman–Crippen LogP) is 14.5. The number of allylic oxidation sites excluding steroid dienone is 4. The molecular weight excluding hydrogens is 687 g/mol. The first kappa shape index (κ1) is 31.1. The summed E-state index contributed by atoms with van der Waals surface area (Å²) in [5, 5.41) is 6.97. The number of furan rings is 2. The minimum Gasteiger partial charge on any atom is -0.461 e. The minimum atomic E-state index is 0.180. The van der Waals surface area contributed by atoms with Crippen molar-refractivity contribution in [2.24, 2.45) is 0 Å². The van der Waals surface area contributed by atoms with Crippen LogP contribution in [0.25, 0.3) is 76.9 Å². The van der Waals surface area contributed by atoms with Crippen molar-refractivity contribution in [1.82, 2.24) is 0 Å². The lowest BCUT2D eigenvalue weighted by Gasteiger charge is -2.31. The van der Waals surface area contributed by atoms with E-state index in [4.69, 9.17) is 13.6 Å². The average molecular weight is 720 g/mol. The van der Waals surface area contributed by atoms with Gasteiger partial charge < -0.3 is 18.5 Å². The van der Waals surface area contributed by atoms with Crippen LogP contribution in [0.4, 0.5) is 11.4 Å². The molecule has 0 spiro atoms. The van der Waals surface area contributed by atoms with Gasteiger partial charge in [0.15, 0.2) is 0 Å². The Morgan fingerprint density at radius 1 is 0.446 bits per heavy atom. The van der Waals surface area contributed by atoms with Crippen LogP contribution in [0.1, 0.15) is 17.9 Å². The topological polar surface area (TPSA) is 38.8 Å². The summed E-state index contributed by atoms with van der Waals surface area (Å²) in [4.78, 5) is 2.39. The van der Waals surface area contributed by atoms with Crippen molar-refractivity contribution in [2.45, 2.75) is 12.3 Å². The van der Waals surface area contributed by atoms with Gasteiger partial charge in [-0.3, -0.25) is 0 Å². The van der Waals surface area contributed by atoms with Crippen molar-refractivity contribution in [3.8, 4) is 28.0 Å². The molecule has 0 saturated heterocycles. The largest absolute Gasteiger partial charge is 0.461 e. The number of hydrogen-bond acceptors (Lipinski definition) is 4. The van der Waals surface area contributed by atoms with Crippen molar-refractivity contribution in [3.63, 3.8) is 0 Å². The Hall–Kier alpha value is -7.30. The quantitative estimate of drug-likeness (QED) is 0.178. The van der Waals surface area contributed by atoms with E-state index in [0.717, 1.165) is 67.8 Å². The molecule has 10 aromatic rings. The van der Waals surface area contributed by atoms with E-state index in [1.807, 2.05) is 30.3 Å². The molecule has 0 bridgehead atoms. The van der Waals surface area contributed by atoms with Gasteiger partial charge >= 0.3 is 0 Å². The second kappa shape index (κ2) is 12.1. The first-order valence-electron chi connectivity index (χ1n) is 19.2. The van der Waals surface area contributed by atoms with Crippen LogP contribution in [0.15, 0.2) is 202 Å². The van der Waals surface area contributed by atoms with Gasteiger partial charge in [-0.15, -0.1) is 0 Å². The number of fused-ring (bicyclic) bond motifs is 11. The van der Waals surface area contributed by atoms with Gasteiger partial charge in [0.1, 0.15) is 33.8 Å². The highest BCUT2D eigenvalue weighted by molar-refractivity contribution is 6.19. The summed E-state index contributed by atoms with van der Waals surface area (Å²) in [7, 11) is 0. The van der Waals surface area contributed by atoms with E-state index in [2.05, 4.69) is 157 Å². The smallest absolute Gasteiger partial charge is 0.136 e. The highest BCUT2D eigenvalue weighted by atomic mass is 16.5. The van der Waals surface area contributed by atoms with Gasteiger partial charge in [-0.1, -0.05) is 109 Å². The molecule has 0 amide bonds.